The third kappa shape index (κ3) is 80.0. The van der Waals surface area contributed by atoms with Gasteiger partial charge in [-0.05, 0) is 6.42 Å². The van der Waals surface area contributed by atoms with Crippen molar-refractivity contribution in [3.05, 3.63) is 0 Å². The topological polar surface area (TPSA) is 74.6 Å². The first-order chi connectivity index (χ1) is 4.15. The molecule has 0 rings (SSSR count). The fourth-order valence-electron chi connectivity index (χ4n) is 0.118. The lowest BCUT2D eigenvalue weighted by atomic mass is 10.4. The molecule has 56 valence electrons. The minimum absolute atomic E-state index is 0.708. The molecule has 0 saturated heterocycles. The van der Waals surface area contributed by atoms with Crippen molar-refractivity contribution >= 4 is 14.5 Å². The minimum Gasteiger partial charge on any atom is -0.326 e. The number of unbranched alkanes of at least 4 members (excludes halogenated alkanes) is 1. The molecule has 4 nitrogen and oxygen atoms in total. The van der Waals surface area contributed by atoms with Gasteiger partial charge in [0.25, 0.3) is 0 Å². The lowest BCUT2D eigenvalue weighted by molar-refractivity contribution is -0.107. The Morgan fingerprint density at radius 3 is 1.89 bits per heavy atom. The Morgan fingerprint density at radius 2 is 1.89 bits per heavy atom. The highest BCUT2D eigenvalue weighted by molar-refractivity contribution is 7.30. The highest BCUT2D eigenvalue weighted by atomic mass is 31.1. The van der Waals surface area contributed by atoms with E-state index in [0.717, 1.165) is 12.7 Å². The molecule has 0 amide bonds. The highest BCUT2D eigenvalue weighted by Gasteiger charge is 1.66. The normalized spacial score (nSPS) is 8.00. The molecular formula is C4H11O4P. The van der Waals surface area contributed by atoms with Gasteiger partial charge in [-0.15, -0.1) is 0 Å². The van der Waals surface area contributed by atoms with Gasteiger partial charge in [-0.2, -0.15) is 0 Å². The van der Waals surface area contributed by atoms with Gasteiger partial charge in [0, 0.05) is 6.42 Å². The van der Waals surface area contributed by atoms with Crippen LogP contribution in [-0.2, 0) is 9.36 Å². The Hall–Kier alpha value is -0.180. The van der Waals surface area contributed by atoms with Gasteiger partial charge in [-0.1, -0.05) is 6.92 Å². The van der Waals surface area contributed by atoms with Crippen molar-refractivity contribution < 1.29 is 19.1 Å². The average molecular weight is 154 g/mol. The fourth-order valence-corrected chi connectivity index (χ4v) is 0.118. The molecule has 0 heterocycles. The molecule has 0 aliphatic carbocycles. The van der Waals surface area contributed by atoms with E-state index in [4.69, 9.17) is 14.4 Å². The zero-order valence-corrected chi connectivity index (χ0v) is 6.20. The van der Waals surface area contributed by atoms with E-state index < -0.39 is 8.25 Å². The van der Waals surface area contributed by atoms with Crippen molar-refractivity contribution in [2.24, 2.45) is 0 Å². The van der Waals surface area contributed by atoms with Crippen LogP contribution in [0.25, 0.3) is 0 Å². The standard InChI is InChI=1S/C4H8O.H3O3P/c1-2-3-4-5;1-4(2)3/h4H,2-3H2,1H3;4H,(H2,1,2,3). The van der Waals surface area contributed by atoms with Gasteiger partial charge >= 0.3 is 8.25 Å². The zero-order chi connectivity index (χ0) is 7.70. The summed E-state index contributed by atoms with van der Waals surface area (Å²) in [6.07, 6.45) is 2.61. The van der Waals surface area contributed by atoms with Crippen LogP contribution in [0.1, 0.15) is 19.8 Å². The SMILES string of the molecule is CCCC=O.O=[PH](O)O. The Labute approximate surface area is 54.5 Å². The molecule has 0 aliphatic rings. The Balaban J connectivity index is 0. The second-order valence-corrected chi connectivity index (χ2v) is 1.80. The minimum atomic E-state index is -3.13. The molecular weight excluding hydrogens is 143 g/mol. The molecule has 0 fully saturated rings. The molecule has 2 N–H and O–H groups in total. The van der Waals surface area contributed by atoms with Crippen molar-refractivity contribution in [1.29, 1.82) is 0 Å². The Morgan fingerprint density at radius 1 is 1.56 bits per heavy atom. The molecule has 9 heavy (non-hydrogen) atoms. The number of carbonyl (C=O) groups is 1. The molecule has 0 atom stereocenters. The monoisotopic (exact) mass is 154 g/mol. The molecule has 0 aliphatic heterocycles. The maximum atomic E-state index is 9.40. The van der Waals surface area contributed by atoms with Gasteiger partial charge in [0.2, 0.25) is 0 Å². The van der Waals surface area contributed by atoms with Crippen LogP contribution >= 0.6 is 8.25 Å². The van der Waals surface area contributed by atoms with Crippen molar-refractivity contribution in [1.82, 2.24) is 0 Å². The van der Waals surface area contributed by atoms with Gasteiger partial charge in [0.05, 0.1) is 0 Å². The average Bonchev–Trinajstić information content (AvgIpc) is 1.66. The number of aldehydes is 1. The van der Waals surface area contributed by atoms with Crippen LogP contribution in [0.5, 0.6) is 0 Å². The van der Waals surface area contributed by atoms with Crippen LogP contribution in [0, 0.1) is 0 Å². The third-order valence-electron chi connectivity index (χ3n) is 0.407. The highest BCUT2D eigenvalue weighted by Crippen LogP contribution is 1.98. The maximum Gasteiger partial charge on any atom is 0.314 e. The van der Waals surface area contributed by atoms with E-state index in [2.05, 4.69) is 0 Å². The summed E-state index contributed by atoms with van der Waals surface area (Å²) in [5.41, 5.74) is 0. The second kappa shape index (κ2) is 10.7. The molecule has 0 aromatic heterocycles. The first-order valence-electron chi connectivity index (χ1n) is 2.50. The molecule has 0 bridgehead atoms. The van der Waals surface area contributed by atoms with Crippen LogP contribution in [-0.4, -0.2) is 16.1 Å². The second-order valence-electron chi connectivity index (χ2n) is 1.24. The predicted molar refractivity (Wildman–Crippen MR) is 34.4 cm³/mol. The van der Waals surface area contributed by atoms with E-state index in [1.54, 1.807) is 0 Å². The molecule has 0 spiro atoms. The van der Waals surface area contributed by atoms with Crippen LogP contribution in [0.15, 0.2) is 0 Å². The summed E-state index contributed by atoms with van der Waals surface area (Å²) < 4.78 is 8.74. The van der Waals surface area contributed by atoms with Crippen molar-refractivity contribution in [2.75, 3.05) is 0 Å². The van der Waals surface area contributed by atoms with E-state index in [1.807, 2.05) is 6.92 Å². The van der Waals surface area contributed by atoms with Crippen LogP contribution in [0.3, 0.4) is 0 Å². The lowest BCUT2D eigenvalue weighted by Crippen LogP contribution is -1.64. The predicted octanol–water partition coefficient (Wildman–Crippen LogP) is 0.346. The number of hydrogen-bond acceptors (Lipinski definition) is 2. The summed E-state index contributed by atoms with van der Waals surface area (Å²) in [7, 11) is -3.13. The quantitative estimate of drug-likeness (QED) is 0.444. The summed E-state index contributed by atoms with van der Waals surface area (Å²) in [5.74, 6) is 0. The third-order valence-corrected chi connectivity index (χ3v) is 0.407. The van der Waals surface area contributed by atoms with E-state index in [1.165, 1.54) is 0 Å². The van der Waals surface area contributed by atoms with Gasteiger partial charge in [-0.3, -0.25) is 4.57 Å². The summed E-state index contributed by atoms with van der Waals surface area (Å²) in [6, 6.07) is 0. The van der Waals surface area contributed by atoms with Crippen LogP contribution in [0.2, 0.25) is 0 Å². The Kier molecular flexibility index (Phi) is 13.8. The first-order valence-corrected chi connectivity index (χ1v) is 3.81. The zero-order valence-electron chi connectivity index (χ0n) is 5.20. The Bertz CT molecular complexity index is 78.6. The van der Waals surface area contributed by atoms with Gasteiger partial charge < -0.3 is 14.6 Å². The van der Waals surface area contributed by atoms with E-state index in [0.29, 0.717) is 6.42 Å². The largest absolute Gasteiger partial charge is 0.326 e. The van der Waals surface area contributed by atoms with Crippen molar-refractivity contribution in [2.45, 2.75) is 19.8 Å². The summed E-state index contributed by atoms with van der Waals surface area (Å²) in [6.45, 7) is 1.98. The van der Waals surface area contributed by atoms with Crippen LogP contribution < -0.4 is 0 Å². The van der Waals surface area contributed by atoms with Gasteiger partial charge in [0.15, 0.2) is 0 Å². The first kappa shape index (κ1) is 11.6. The molecule has 0 unspecified atom stereocenters. The summed E-state index contributed by atoms with van der Waals surface area (Å²) >= 11 is 0. The van der Waals surface area contributed by atoms with E-state index in [9.17, 15) is 4.79 Å². The molecule has 0 radical (unpaired) electrons. The molecule has 0 aromatic carbocycles. The number of carbonyl (C=O) groups excluding carboxylic acids is 1. The molecule has 0 aromatic rings. The number of hydrogen-bond donors (Lipinski definition) is 2. The number of rotatable bonds is 2. The molecule has 0 saturated carbocycles. The fraction of sp³-hybridized carbons (Fsp3) is 0.750. The summed E-state index contributed by atoms with van der Waals surface area (Å²) in [5, 5.41) is 0. The van der Waals surface area contributed by atoms with E-state index >= 15 is 0 Å². The van der Waals surface area contributed by atoms with Crippen molar-refractivity contribution in [3.63, 3.8) is 0 Å². The summed E-state index contributed by atoms with van der Waals surface area (Å²) in [4.78, 5) is 23.7. The molecule has 5 heteroatoms. The lowest BCUT2D eigenvalue weighted by Gasteiger charge is -1.68. The van der Waals surface area contributed by atoms with Gasteiger partial charge in [-0.25, -0.2) is 0 Å². The van der Waals surface area contributed by atoms with E-state index in [-0.39, 0.29) is 0 Å². The van der Waals surface area contributed by atoms with Crippen LogP contribution in [0.4, 0.5) is 0 Å². The smallest absolute Gasteiger partial charge is 0.314 e. The van der Waals surface area contributed by atoms with Gasteiger partial charge in [0.1, 0.15) is 6.29 Å². The maximum absolute atomic E-state index is 9.40. The van der Waals surface area contributed by atoms with Crippen molar-refractivity contribution in [3.8, 4) is 0 Å².